The lowest BCUT2D eigenvalue weighted by Crippen LogP contribution is -2.17. The number of benzene rings is 1. The van der Waals surface area contributed by atoms with Crippen molar-refractivity contribution in [2.45, 2.75) is 32.2 Å². The summed E-state index contributed by atoms with van der Waals surface area (Å²) < 4.78 is 11.1. The average Bonchev–Trinajstić information content (AvgIpc) is 2.95. The highest BCUT2D eigenvalue weighted by Gasteiger charge is 2.16. The first-order chi connectivity index (χ1) is 10.1. The summed E-state index contributed by atoms with van der Waals surface area (Å²) in [4.78, 5) is 4.65. The second-order valence-corrected chi connectivity index (χ2v) is 6.48. The Kier molecular flexibility index (Phi) is 4.12. The number of aromatic nitrogens is 1. The minimum Gasteiger partial charge on any atom is -0.486 e. The van der Waals surface area contributed by atoms with Crippen molar-refractivity contribution in [2.75, 3.05) is 13.2 Å². The SMILES string of the molecule is CC(C)c1csc(CC(N)c2ccc3c(c2)OCCO3)n1. The van der Waals surface area contributed by atoms with E-state index in [2.05, 4.69) is 24.2 Å². The molecule has 2 N–H and O–H groups in total. The summed E-state index contributed by atoms with van der Waals surface area (Å²) in [7, 11) is 0. The number of hydrogen-bond acceptors (Lipinski definition) is 5. The van der Waals surface area contributed by atoms with Crippen LogP contribution in [0.15, 0.2) is 23.6 Å². The first-order valence-electron chi connectivity index (χ1n) is 7.23. The zero-order valence-corrected chi connectivity index (χ0v) is 13.2. The zero-order chi connectivity index (χ0) is 14.8. The Labute approximate surface area is 128 Å². The monoisotopic (exact) mass is 304 g/mol. The van der Waals surface area contributed by atoms with E-state index in [4.69, 9.17) is 15.2 Å². The van der Waals surface area contributed by atoms with Crippen LogP contribution in [-0.4, -0.2) is 18.2 Å². The number of thiazole rings is 1. The molecule has 1 atom stereocenters. The third-order valence-corrected chi connectivity index (χ3v) is 4.44. The molecule has 1 aliphatic rings. The van der Waals surface area contributed by atoms with E-state index in [0.29, 0.717) is 19.1 Å². The molecule has 0 amide bonds. The van der Waals surface area contributed by atoms with Crippen LogP contribution in [0.25, 0.3) is 0 Å². The summed E-state index contributed by atoms with van der Waals surface area (Å²) in [5.74, 6) is 2.05. The van der Waals surface area contributed by atoms with E-state index < -0.39 is 0 Å². The summed E-state index contributed by atoms with van der Waals surface area (Å²) in [5, 5.41) is 3.21. The van der Waals surface area contributed by atoms with Gasteiger partial charge in [0.2, 0.25) is 0 Å². The van der Waals surface area contributed by atoms with Crippen molar-refractivity contribution in [3.63, 3.8) is 0 Å². The summed E-state index contributed by atoms with van der Waals surface area (Å²) in [6, 6.07) is 5.85. The predicted octanol–water partition coefficient (Wildman–Crippen LogP) is 3.28. The van der Waals surface area contributed by atoms with Crippen molar-refractivity contribution in [3.05, 3.63) is 39.8 Å². The smallest absolute Gasteiger partial charge is 0.161 e. The molecule has 112 valence electrons. The molecule has 0 aliphatic carbocycles. The van der Waals surface area contributed by atoms with Gasteiger partial charge in [0.25, 0.3) is 0 Å². The van der Waals surface area contributed by atoms with Gasteiger partial charge in [0, 0.05) is 17.8 Å². The van der Waals surface area contributed by atoms with Gasteiger partial charge < -0.3 is 15.2 Å². The van der Waals surface area contributed by atoms with Crippen molar-refractivity contribution < 1.29 is 9.47 Å². The molecule has 3 rings (SSSR count). The second-order valence-electron chi connectivity index (χ2n) is 5.53. The number of rotatable bonds is 4. The lowest BCUT2D eigenvalue weighted by atomic mass is 10.0. The number of hydrogen-bond donors (Lipinski definition) is 1. The van der Waals surface area contributed by atoms with Crippen LogP contribution in [0.3, 0.4) is 0 Å². The molecule has 0 saturated heterocycles. The largest absolute Gasteiger partial charge is 0.486 e. The highest BCUT2D eigenvalue weighted by Crippen LogP contribution is 2.33. The van der Waals surface area contributed by atoms with Gasteiger partial charge in [-0.2, -0.15) is 0 Å². The Morgan fingerprint density at radius 1 is 1.24 bits per heavy atom. The molecular formula is C16H20N2O2S. The van der Waals surface area contributed by atoms with Gasteiger partial charge in [-0.05, 0) is 23.6 Å². The topological polar surface area (TPSA) is 57.4 Å². The van der Waals surface area contributed by atoms with Crippen LogP contribution in [0.2, 0.25) is 0 Å². The number of ether oxygens (including phenoxy) is 2. The Bertz CT molecular complexity index is 624. The lowest BCUT2D eigenvalue weighted by molar-refractivity contribution is 0.171. The van der Waals surface area contributed by atoms with Crippen LogP contribution >= 0.6 is 11.3 Å². The van der Waals surface area contributed by atoms with Crippen molar-refractivity contribution in [3.8, 4) is 11.5 Å². The van der Waals surface area contributed by atoms with E-state index in [1.165, 1.54) is 0 Å². The molecule has 1 aromatic heterocycles. The molecule has 1 unspecified atom stereocenters. The maximum Gasteiger partial charge on any atom is 0.161 e. The molecule has 1 aliphatic heterocycles. The van der Waals surface area contributed by atoms with E-state index in [0.717, 1.165) is 34.2 Å². The second kappa shape index (κ2) is 6.03. The molecule has 2 heterocycles. The number of nitrogens with two attached hydrogens (primary N) is 1. The maximum absolute atomic E-state index is 6.32. The fraction of sp³-hybridized carbons (Fsp3) is 0.438. The third-order valence-electron chi connectivity index (χ3n) is 3.55. The van der Waals surface area contributed by atoms with Crippen LogP contribution in [0.1, 0.15) is 42.1 Å². The van der Waals surface area contributed by atoms with E-state index in [1.54, 1.807) is 11.3 Å². The van der Waals surface area contributed by atoms with Crippen LogP contribution in [-0.2, 0) is 6.42 Å². The minimum atomic E-state index is -0.0769. The van der Waals surface area contributed by atoms with Gasteiger partial charge in [-0.25, -0.2) is 4.98 Å². The predicted molar refractivity (Wildman–Crippen MR) is 84.3 cm³/mol. The van der Waals surface area contributed by atoms with Crippen LogP contribution < -0.4 is 15.2 Å². The van der Waals surface area contributed by atoms with Gasteiger partial charge in [-0.1, -0.05) is 19.9 Å². The Morgan fingerprint density at radius 2 is 2.00 bits per heavy atom. The molecular weight excluding hydrogens is 284 g/mol. The lowest BCUT2D eigenvalue weighted by Gasteiger charge is -2.20. The fourth-order valence-electron chi connectivity index (χ4n) is 2.28. The molecule has 1 aromatic carbocycles. The van der Waals surface area contributed by atoms with Gasteiger partial charge in [-0.3, -0.25) is 0 Å². The Morgan fingerprint density at radius 3 is 2.71 bits per heavy atom. The zero-order valence-electron chi connectivity index (χ0n) is 12.3. The molecule has 2 aromatic rings. The minimum absolute atomic E-state index is 0.0769. The summed E-state index contributed by atoms with van der Waals surface area (Å²) in [5.41, 5.74) is 8.51. The van der Waals surface area contributed by atoms with Gasteiger partial charge in [0.15, 0.2) is 11.5 Å². The average molecular weight is 304 g/mol. The van der Waals surface area contributed by atoms with E-state index >= 15 is 0 Å². The Balaban J connectivity index is 1.73. The molecule has 0 fully saturated rings. The first kappa shape index (κ1) is 14.4. The summed E-state index contributed by atoms with van der Waals surface area (Å²) in [6.45, 7) is 5.50. The molecule has 0 bridgehead atoms. The fourth-order valence-corrected chi connectivity index (χ4v) is 3.30. The van der Waals surface area contributed by atoms with E-state index in [-0.39, 0.29) is 6.04 Å². The first-order valence-corrected chi connectivity index (χ1v) is 8.11. The van der Waals surface area contributed by atoms with Crippen molar-refractivity contribution in [2.24, 2.45) is 5.73 Å². The number of fused-ring (bicyclic) bond motifs is 1. The van der Waals surface area contributed by atoms with Gasteiger partial charge >= 0.3 is 0 Å². The van der Waals surface area contributed by atoms with Gasteiger partial charge in [0.05, 0.1) is 10.7 Å². The van der Waals surface area contributed by atoms with Crippen LogP contribution in [0.4, 0.5) is 0 Å². The van der Waals surface area contributed by atoms with E-state index in [9.17, 15) is 0 Å². The maximum atomic E-state index is 6.32. The molecule has 5 heteroatoms. The third kappa shape index (κ3) is 3.19. The van der Waals surface area contributed by atoms with E-state index in [1.807, 2.05) is 18.2 Å². The standard InChI is InChI=1S/C16H20N2O2S/c1-10(2)13-9-21-16(18-13)8-12(17)11-3-4-14-15(7-11)20-6-5-19-14/h3-4,7,9-10,12H,5-6,8,17H2,1-2H3. The molecule has 0 saturated carbocycles. The molecule has 21 heavy (non-hydrogen) atoms. The molecule has 4 nitrogen and oxygen atoms in total. The van der Waals surface area contributed by atoms with Gasteiger partial charge in [0.1, 0.15) is 13.2 Å². The molecule has 0 radical (unpaired) electrons. The van der Waals surface area contributed by atoms with Crippen molar-refractivity contribution in [1.82, 2.24) is 4.98 Å². The quantitative estimate of drug-likeness (QED) is 0.941. The van der Waals surface area contributed by atoms with Gasteiger partial charge in [-0.15, -0.1) is 11.3 Å². The summed E-state index contributed by atoms with van der Waals surface area (Å²) in [6.07, 6.45) is 0.747. The van der Waals surface area contributed by atoms with Crippen LogP contribution in [0.5, 0.6) is 11.5 Å². The number of nitrogens with zero attached hydrogens (tertiary/aromatic N) is 1. The summed E-state index contributed by atoms with van der Waals surface area (Å²) >= 11 is 1.68. The normalized spacial score (nSPS) is 15.2. The van der Waals surface area contributed by atoms with Crippen LogP contribution in [0, 0.1) is 0 Å². The molecule has 0 spiro atoms. The van der Waals surface area contributed by atoms with Crippen molar-refractivity contribution >= 4 is 11.3 Å². The highest BCUT2D eigenvalue weighted by molar-refractivity contribution is 7.09. The highest BCUT2D eigenvalue weighted by atomic mass is 32.1. The Hall–Kier alpha value is -1.59. The van der Waals surface area contributed by atoms with Crippen molar-refractivity contribution in [1.29, 1.82) is 0 Å².